The number of hydrogen-bond acceptors (Lipinski definition) is 3. The van der Waals surface area contributed by atoms with Gasteiger partial charge < -0.3 is 5.11 Å². The van der Waals surface area contributed by atoms with Gasteiger partial charge in [-0.15, -0.1) is 5.10 Å². The van der Waals surface area contributed by atoms with Crippen molar-refractivity contribution in [2.24, 2.45) is 0 Å². The summed E-state index contributed by atoms with van der Waals surface area (Å²) >= 11 is 5.95. The smallest absolute Gasteiger partial charge is 0.335 e. The molecule has 2 aromatic carbocycles. The molecule has 0 spiro atoms. The molecule has 3 rings (SSSR count). The average molecular weight is 288 g/mol. The van der Waals surface area contributed by atoms with E-state index in [1.165, 1.54) is 6.07 Å². The van der Waals surface area contributed by atoms with E-state index in [2.05, 4.69) is 10.3 Å². The first-order valence-electron chi connectivity index (χ1n) is 5.94. The second-order valence-electron chi connectivity index (χ2n) is 4.39. The van der Waals surface area contributed by atoms with Crippen molar-refractivity contribution in [3.63, 3.8) is 0 Å². The van der Waals surface area contributed by atoms with Crippen molar-refractivity contribution in [3.8, 4) is 0 Å². The molecule has 0 fully saturated rings. The Kier molecular flexibility index (Phi) is 3.12. The Morgan fingerprint density at radius 2 is 2.10 bits per heavy atom. The molecule has 0 unspecified atom stereocenters. The number of fused-ring (bicyclic) bond motifs is 1. The van der Waals surface area contributed by atoms with Crippen molar-refractivity contribution in [1.29, 1.82) is 0 Å². The number of benzene rings is 2. The fourth-order valence-electron chi connectivity index (χ4n) is 2.03. The molecule has 0 radical (unpaired) electrons. The summed E-state index contributed by atoms with van der Waals surface area (Å²) in [6.07, 6.45) is 0. The highest BCUT2D eigenvalue weighted by atomic mass is 35.5. The number of nitrogens with zero attached hydrogens (tertiary/aromatic N) is 3. The predicted octanol–water partition coefficient (Wildman–Crippen LogP) is 2.83. The molecular formula is C14H10ClN3O2. The van der Waals surface area contributed by atoms with Gasteiger partial charge in [0.2, 0.25) is 0 Å². The second kappa shape index (κ2) is 4.94. The fourth-order valence-corrected chi connectivity index (χ4v) is 2.24. The predicted molar refractivity (Wildman–Crippen MR) is 75.0 cm³/mol. The van der Waals surface area contributed by atoms with E-state index >= 15 is 0 Å². The van der Waals surface area contributed by atoms with E-state index in [-0.39, 0.29) is 5.56 Å². The topological polar surface area (TPSA) is 68.0 Å². The lowest BCUT2D eigenvalue weighted by Gasteiger charge is -2.03. The fraction of sp³-hybridized carbons (Fsp3) is 0.0714. The Bertz CT molecular complexity index is 798. The SMILES string of the molecule is O=C(O)c1ccc2c(c1)nnn2Cc1cccc(Cl)c1. The van der Waals surface area contributed by atoms with Crippen molar-refractivity contribution in [2.75, 3.05) is 0 Å². The Balaban J connectivity index is 1.98. The summed E-state index contributed by atoms with van der Waals surface area (Å²) < 4.78 is 1.71. The van der Waals surface area contributed by atoms with E-state index in [1.54, 1.807) is 16.8 Å². The largest absolute Gasteiger partial charge is 0.478 e. The summed E-state index contributed by atoms with van der Waals surface area (Å²) in [6.45, 7) is 0.531. The molecule has 3 aromatic rings. The summed E-state index contributed by atoms with van der Waals surface area (Å²) in [7, 11) is 0. The van der Waals surface area contributed by atoms with E-state index < -0.39 is 5.97 Å². The van der Waals surface area contributed by atoms with Gasteiger partial charge in [0.25, 0.3) is 0 Å². The maximum absolute atomic E-state index is 10.9. The first-order chi connectivity index (χ1) is 9.63. The number of carbonyl (C=O) groups is 1. The van der Waals surface area contributed by atoms with Crippen LogP contribution in [0.15, 0.2) is 42.5 Å². The first-order valence-corrected chi connectivity index (χ1v) is 6.32. The zero-order valence-electron chi connectivity index (χ0n) is 10.3. The summed E-state index contributed by atoms with van der Waals surface area (Å²) in [5.74, 6) is -0.976. The van der Waals surface area contributed by atoms with Gasteiger partial charge in [-0.1, -0.05) is 28.9 Å². The molecule has 0 atom stereocenters. The molecule has 0 aliphatic rings. The normalized spacial score (nSPS) is 10.8. The Morgan fingerprint density at radius 3 is 2.85 bits per heavy atom. The van der Waals surface area contributed by atoms with Gasteiger partial charge >= 0.3 is 5.97 Å². The van der Waals surface area contributed by atoms with Gasteiger partial charge in [0.05, 0.1) is 17.6 Å². The molecule has 0 aliphatic heterocycles. The second-order valence-corrected chi connectivity index (χ2v) is 4.82. The van der Waals surface area contributed by atoms with Crippen molar-refractivity contribution < 1.29 is 9.90 Å². The Hall–Kier alpha value is -2.40. The van der Waals surface area contributed by atoms with Crippen molar-refractivity contribution in [2.45, 2.75) is 6.54 Å². The van der Waals surface area contributed by atoms with E-state index in [4.69, 9.17) is 16.7 Å². The van der Waals surface area contributed by atoms with Crippen molar-refractivity contribution in [3.05, 3.63) is 58.6 Å². The van der Waals surface area contributed by atoms with Crippen LogP contribution in [0.2, 0.25) is 5.02 Å². The lowest BCUT2D eigenvalue weighted by atomic mass is 10.2. The minimum atomic E-state index is -0.976. The molecule has 0 aliphatic carbocycles. The van der Waals surface area contributed by atoms with Crippen LogP contribution < -0.4 is 0 Å². The van der Waals surface area contributed by atoms with Crippen LogP contribution in [0, 0.1) is 0 Å². The Labute approximate surface area is 119 Å². The van der Waals surface area contributed by atoms with Crippen LogP contribution >= 0.6 is 11.6 Å². The van der Waals surface area contributed by atoms with Gasteiger partial charge in [-0.2, -0.15) is 0 Å². The van der Waals surface area contributed by atoms with E-state index in [0.29, 0.717) is 17.1 Å². The molecule has 100 valence electrons. The Morgan fingerprint density at radius 1 is 1.25 bits per heavy atom. The summed E-state index contributed by atoms with van der Waals surface area (Å²) in [5, 5.41) is 17.7. The number of aromatic carboxylic acids is 1. The zero-order chi connectivity index (χ0) is 14.1. The number of carboxylic acid groups (broad SMARTS) is 1. The minimum Gasteiger partial charge on any atom is -0.478 e. The first kappa shape index (κ1) is 12.6. The maximum atomic E-state index is 10.9. The van der Waals surface area contributed by atoms with Crippen LogP contribution in [0.1, 0.15) is 15.9 Å². The standard InChI is InChI=1S/C14H10ClN3O2/c15-11-3-1-2-9(6-11)8-18-13-5-4-10(14(19)20)7-12(13)16-17-18/h1-7H,8H2,(H,19,20). The molecule has 5 nitrogen and oxygen atoms in total. The molecule has 0 bridgehead atoms. The quantitative estimate of drug-likeness (QED) is 0.804. The third-order valence-electron chi connectivity index (χ3n) is 2.98. The van der Waals surface area contributed by atoms with E-state index in [1.807, 2.05) is 24.3 Å². The highest BCUT2D eigenvalue weighted by molar-refractivity contribution is 6.30. The highest BCUT2D eigenvalue weighted by Crippen LogP contribution is 2.16. The van der Waals surface area contributed by atoms with Gasteiger partial charge in [0, 0.05) is 5.02 Å². The summed E-state index contributed by atoms with van der Waals surface area (Å²) in [5.41, 5.74) is 2.56. The molecular weight excluding hydrogens is 278 g/mol. The van der Waals surface area contributed by atoms with Crippen LogP contribution in [-0.4, -0.2) is 26.1 Å². The van der Waals surface area contributed by atoms with Crippen LogP contribution in [0.25, 0.3) is 11.0 Å². The van der Waals surface area contributed by atoms with Gasteiger partial charge in [-0.25, -0.2) is 9.48 Å². The van der Waals surface area contributed by atoms with Gasteiger partial charge in [0.15, 0.2) is 0 Å². The van der Waals surface area contributed by atoms with Crippen LogP contribution in [-0.2, 0) is 6.54 Å². The van der Waals surface area contributed by atoms with Gasteiger partial charge in [0.1, 0.15) is 5.52 Å². The molecule has 1 N–H and O–H groups in total. The molecule has 0 amide bonds. The minimum absolute atomic E-state index is 0.201. The lowest BCUT2D eigenvalue weighted by molar-refractivity contribution is 0.0697. The summed E-state index contributed by atoms with van der Waals surface area (Å²) in [6, 6.07) is 12.3. The molecule has 0 saturated heterocycles. The third kappa shape index (κ3) is 2.35. The number of carboxylic acids is 1. The van der Waals surface area contributed by atoms with Crippen LogP contribution in [0.5, 0.6) is 0 Å². The van der Waals surface area contributed by atoms with E-state index in [0.717, 1.165) is 11.1 Å². The van der Waals surface area contributed by atoms with Gasteiger partial charge in [-0.05, 0) is 35.9 Å². The number of halogens is 1. The lowest BCUT2D eigenvalue weighted by Crippen LogP contribution is -2.02. The van der Waals surface area contributed by atoms with E-state index in [9.17, 15) is 4.79 Å². The third-order valence-corrected chi connectivity index (χ3v) is 3.22. The van der Waals surface area contributed by atoms with Gasteiger partial charge in [-0.3, -0.25) is 0 Å². The number of hydrogen-bond donors (Lipinski definition) is 1. The van der Waals surface area contributed by atoms with Crippen molar-refractivity contribution in [1.82, 2.24) is 15.0 Å². The van der Waals surface area contributed by atoms with Crippen LogP contribution in [0.4, 0.5) is 0 Å². The molecule has 0 saturated carbocycles. The monoisotopic (exact) mass is 287 g/mol. The maximum Gasteiger partial charge on any atom is 0.335 e. The molecule has 6 heteroatoms. The summed E-state index contributed by atoms with van der Waals surface area (Å²) in [4.78, 5) is 10.9. The molecule has 1 heterocycles. The highest BCUT2D eigenvalue weighted by Gasteiger charge is 2.09. The van der Waals surface area contributed by atoms with Crippen molar-refractivity contribution >= 4 is 28.6 Å². The molecule has 1 aromatic heterocycles. The number of rotatable bonds is 3. The average Bonchev–Trinajstić information content (AvgIpc) is 2.81. The molecule has 20 heavy (non-hydrogen) atoms. The number of aromatic nitrogens is 3. The zero-order valence-corrected chi connectivity index (χ0v) is 11.1. The van der Waals surface area contributed by atoms with Crippen LogP contribution in [0.3, 0.4) is 0 Å².